The van der Waals surface area contributed by atoms with Crippen molar-refractivity contribution in [3.63, 3.8) is 0 Å². The van der Waals surface area contributed by atoms with E-state index in [4.69, 9.17) is 9.57 Å². The largest absolute Gasteiger partial charge is 0.485 e. The summed E-state index contributed by atoms with van der Waals surface area (Å²) in [6.45, 7) is 1.15. The molecule has 0 fully saturated rings. The number of aryl methyl sites for hydroxylation is 1. The predicted octanol–water partition coefficient (Wildman–Crippen LogP) is 1.57. The van der Waals surface area contributed by atoms with Gasteiger partial charge in [-0.15, -0.1) is 0 Å². The summed E-state index contributed by atoms with van der Waals surface area (Å²) in [6.07, 6.45) is 3.86. The van der Waals surface area contributed by atoms with E-state index in [-0.39, 0.29) is 11.9 Å². The maximum atomic E-state index is 10.9. The molecule has 0 saturated heterocycles. The first-order valence-corrected chi connectivity index (χ1v) is 6.94. The lowest BCUT2D eigenvalue weighted by Crippen LogP contribution is -2.36. The Labute approximate surface area is 117 Å². The molecule has 1 aliphatic carbocycles. The Hall–Kier alpha value is -2.01. The number of rotatable bonds is 4. The van der Waals surface area contributed by atoms with Crippen molar-refractivity contribution >= 4 is 6.29 Å². The van der Waals surface area contributed by atoms with Crippen molar-refractivity contribution in [2.75, 3.05) is 13.2 Å². The molecule has 2 N–H and O–H groups in total. The number of hydrogen-bond donors (Lipinski definition) is 2. The zero-order chi connectivity index (χ0) is 13.8. The first-order chi connectivity index (χ1) is 9.88. The van der Waals surface area contributed by atoms with Crippen molar-refractivity contribution in [3.05, 3.63) is 47.0 Å². The number of carbonyl (C=O) groups is 1. The maximum absolute atomic E-state index is 10.9. The second-order valence-corrected chi connectivity index (χ2v) is 4.93. The van der Waals surface area contributed by atoms with Crippen LogP contribution in [-0.4, -0.2) is 19.4 Å². The van der Waals surface area contributed by atoms with Crippen molar-refractivity contribution < 1.29 is 14.4 Å². The van der Waals surface area contributed by atoms with Gasteiger partial charge in [0.25, 0.3) is 0 Å². The maximum Gasteiger partial charge on any atom is 0.201 e. The summed E-state index contributed by atoms with van der Waals surface area (Å²) in [5.41, 5.74) is 5.40. The van der Waals surface area contributed by atoms with E-state index in [2.05, 4.69) is 29.0 Å². The molecule has 106 valence electrons. The van der Waals surface area contributed by atoms with Crippen LogP contribution in [0.2, 0.25) is 0 Å². The molecule has 5 nitrogen and oxygen atoms in total. The van der Waals surface area contributed by atoms with Crippen LogP contribution >= 0.6 is 0 Å². The van der Waals surface area contributed by atoms with Crippen LogP contribution in [0.15, 0.2) is 35.8 Å². The average Bonchev–Trinajstić information content (AvgIpc) is 2.53. The minimum atomic E-state index is 0.00378. The smallest absolute Gasteiger partial charge is 0.201 e. The molecular weight excluding hydrogens is 256 g/mol. The zero-order valence-corrected chi connectivity index (χ0v) is 11.2. The summed E-state index contributed by atoms with van der Waals surface area (Å²) in [5.74, 6) is 0.773. The summed E-state index contributed by atoms with van der Waals surface area (Å²) >= 11 is 0. The number of hydrogen-bond acceptors (Lipinski definition) is 5. The second kappa shape index (κ2) is 5.96. The van der Waals surface area contributed by atoms with Gasteiger partial charge in [0, 0.05) is 0 Å². The standard InChI is InChI=1S/C15H18N2O3/c18-10-14-15(16-8-9-19-14)17-20-13-7-3-5-11-4-1-2-6-12(11)13/h1-2,4,6,10,13,16-17H,3,5,7-9H2. The molecule has 2 aliphatic rings. The van der Waals surface area contributed by atoms with Crippen LogP contribution in [0, 0.1) is 0 Å². The van der Waals surface area contributed by atoms with Crippen LogP contribution in [0.5, 0.6) is 0 Å². The van der Waals surface area contributed by atoms with Crippen LogP contribution in [0.4, 0.5) is 0 Å². The molecule has 20 heavy (non-hydrogen) atoms. The van der Waals surface area contributed by atoms with E-state index in [9.17, 15) is 4.79 Å². The van der Waals surface area contributed by atoms with Gasteiger partial charge in [-0.2, -0.15) is 0 Å². The fourth-order valence-corrected chi connectivity index (χ4v) is 2.64. The molecule has 5 heteroatoms. The second-order valence-electron chi connectivity index (χ2n) is 4.93. The molecule has 0 bridgehead atoms. The molecule has 1 atom stereocenters. The molecule has 0 radical (unpaired) electrons. The molecule has 3 rings (SSSR count). The molecular formula is C15H18N2O3. The van der Waals surface area contributed by atoms with Crippen molar-refractivity contribution in [1.29, 1.82) is 0 Å². The predicted molar refractivity (Wildman–Crippen MR) is 73.4 cm³/mol. The zero-order valence-electron chi connectivity index (χ0n) is 11.2. The van der Waals surface area contributed by atoms with Gasteiger partial charge in [0.1, 0.15) is 12.7 Å². The number of nitrogens with one attached hydrogen (secondary N) is 2. The lowest BCUT2D eigenvalue weighted by Gasteiger charge is -2.27. The highest BCUT2D eigenvalue weighted by molar-refractivity contribution is 5.71. The Kier molecular flexibility index (Phi) is 3.87. The normalized spacial score (nSPS) is 21.5. The lowest BCUT2D eigenvalue weighted by molar-refractivity contribution is -0.108. The van der Waals surface area contributed by atoms with E-state index >= 15 is 0 Å². The van der Waals surface area contributed by atoms with Gasteiger partial charge in [-0.05, 0) is 30.4 Å². The third-order valence-corrected chi connectivity index (χ3v) is 3.63. The van der Waals surface area contributed by atoms with E-state index in [0.717, 1.165) is 19.3 Å². The van der Waals surface area contributed by atoms with E-state index < -0.39 is 0 Å². The molecule has 0 amide bonds. The van der Waals surface area contributed by atoms with E-state index in [1.807, 2.05) is 6.07 Å². The average molecular weight is 274 g/mol. The van der Waals surface area contributed by atoms with Crippen molar-refractivity contribution in [2.24, 2.45) is 0 Å². The highest BCUT2D eigenvalue weighted by Gasteiger charge is 2.22. The molecule has 1 aromatic rings. The SMILES string of the molecule is O=CC1=C(NOC2CCCc3ccccc32)NCCO1. The monoisotopic (exact) mass is 274 g/mol. The van der Waals surface area contributed by atoms with Gasteiger partial charge in [0.05, 0.1) is 6.54 Å². The number of fused-ring (bicyclic) bond motifs is 1. The third kappa shape index (κ3) is 2.63. The van der Waals surface area contributed by atoms with Crippen LogP contribution in [0.1, 0.15) is 30.1 Å². The first kappa shape index (κ1) is 13.0. The molecule has 1 heterocycles. The lowest BCUT2D eigenvalue weighted by atomic mass is 9.90. The highest BCUT2D eigenvalue weighted by Crippen LogP contribution is 2.31. The minimum absolute atomic E-state index is 0.00378. The Bertz CT molecular complexity index is 528. The van der Waals surface area contributed by atoms with Crippen LogP contribution in [-0.2, 0) is 20.8 Å². The van der Waals surface area contributed by atoms with Gasteiger partial charge < -0.3 is 10.1 Å². The number of hydroxylamine groups is 1. The van der Waals surface area contributed by atoms with Gasteiger partial charge >= 0.3 is 0 Å². The van der Waals surface area contributed by atoms with Crippen molar-refractivity contribution in [3.8, 4) is 0 Å². The van der Waals surface area contributed by atoms with Crippen LogP contribution < -0.4 is 10.8 Å². The topological polar surface area (TPSA) is 59.6 Å². The van der Waals surface area contributed by atoms with Gasteiger partial charge in [-0.3, -0.25) is 9.63 Å². The van der Waals surface area contributed by atoms with E-state index in [1.54, 1.807) is 0 Å². The summed E-state index contributed by atoms with van der Waals surface area (Å²) < 4.78 is 5.26. The Balaban J connectivity index is 1.70. The van der Waals surface area contributed by atoms with Gasteiger partial charge in [0.15, 0.2) is 12.1 Å². The Morgan fingerprint density at radius 2 is 2.30 bits per heavy atom. The summed E-state index contributed by atoms with van der Waals surface area (Å²) in [7, 11) is 0. The molecule has 0 saturated carbocycles. The molecule has 1 aliphatic heterocycles. The fourth-order valence-electron chi connectivity index (χ4n) is 2.64. The summed E-state index contributed by atoms with van der Waals surface area (Å²) in [5, 5.41) is 3.07. The van der Waals surface area contributed by atoms with Gasteiger partial charge in [-0.25, -0.2) is 5.48 Å². The molecule has 0 aromatic heterocycles. The third-order valence-electron chi connectivity index (χ3n) is 3.63. The van der Waals surface area contributed by atoms with Crippen molar-refractivity contribution in [1.82, 2.24) is 10.8 Å². The van der Waals surface area contributed by atoms with E-state index in [1.165, 1.54) is 11.1 Å². The van der Waals surface area contributed by atoms with Gasteiger partial charge in [0.2, 0.25) is 5.76 Å². The number of carbonyl (C=O) groups excluding carboxylic acids is 1. The first-order valence-electron chi connectivity index (χ1n) is 6.94. The summed E-state index contributed by atoms with van der Waals surface area (Å²) in [6, 6.07) is 8.32. The van der Waals surface area contributed by atoms with Crippen LogP contribution in [0.3, 0.4) is 0 Å². The number of allylic oxidation sites excluding steroid dienone is 1. The summed E-state index contributed by atoms with van der Waals surface area (Å²) in [4.78, 5) is 16.7. The molecule has 1 unspecified atom stereocenters. The Morgan fingerprint density at radius 1 is 1.40 bits per heavy atom. The Morgan fingerprint density at radius 3 is 3.20 bits per heavy atom. The van der Waals surface area contributed by atoms with Gasteiger partial charge in [-0.1, -0.05) is 24.3 Å². The highest BCUT2D eigenvalue weighted by atomic mass is 16.7. The van der Waals surface area contributed by atoms with E-state index in [0.29, 0.717) is 25.3 Å². The van der Waals surface area contributed by atoms with Crippen LogP contribution in [0.25, 0.3) is 0 Å². The molecule has 1 aromatic carbocycles. The number of benzene rings is 1. The molecule has 0 spiro atoms. The van der Waals surface area contributed by atoms with Crippen molar-refractivity contribution in [2.45, 2.75) is 25.4 Å². The number of ether oxygens (including phenoxy) is 1. The fraction of sp³-hybridized carbons (Fsp3) is 0.400. The number of aldehydes is 1. The minimum Gasteiger partial charge on any atom is -0.485 e. The quantitative estimate of drug-likeness (QED) is 0.645.